The summed E-state index contributed by atoms with van der Waals surface area (Å²) < 4.78 is 59.7. The number of aryl methyl sites for hydroxylation is 2. The molecule has 0 fully saturated rings. The van der Waals surface area contributed by atoms with Gasteiger partial charge in [-0.2, -0.15) is 27.8 Å². The van der Waals surface area contributed by atoms with Gasteiger partial charge in [-0.05, 0) is 37.3 Å². The van der Waals surface area contributed by atoms with Crippen molar-refractivity contribution in [3.63, 3.8) is 0 Å². The van der Waals surface area contributed by atoms with E-state index in [1.165, 1.54) is 14.2 Å². The topological polar surface area (TPSA) is 77.2 Å². The monoisotopic (exact) mass is 408 g/mol. The van der Waals surface area contributed by atoms with Crippen molar-refractivity contribution in [2.75, 3.05) is 12.5 Å². The van der Waals surface area contributed by atoms with Crippen LogP contribution in [0.25, 0.3) is 11.3 Å². The van der Waals surface area contributed by atoms with Gasteiger partial charge < -0.3 is 4.74 Å². The van der Waals surface area contributed by atoms with E-state index in [1.54, 1.807) is 31.2 Å². The number of hydrogen-bond acceptors (Lipinski definition) is 6. The molecular formula is C18H16F4N6O. The molecule has 7 nitrogen and oxygen atoms in total. The van der Waals surface area contributed by atoms with Gasteiger partial charge in [-0.3, -0.25) is 0 Å². The van der Waals surface area contributed by atoms with Crippen molar-refractivity contribution in [3.8, 4) is 17.0 Å². The smallest absolute Gasteiger partial charge is 0.433 e. The van der Waals surface area contributed by atoms with Gasteiger partial charge in [0, 0.05) is 12.6 Å². The minimum Gasteiger partial charge on any atom is -0.497 e. The Labute approximate surface area is 163 Å². The Morgan fingerprint density at radius 1 is 1.17 bits per heavy atom. The van der Waals surface area contributed by atoms with Crippen LogP contribution in [0.2, 0.25) is 0 Å². The second-order valence-electron chi connectivity index (χ2n) is 5.97. The maximum atomic E-state index is 13.9. The van der Waals surface area contributed by atoms with E-state index >= 15 is 0 Å². The highest BCUT2D eigenvalue weighted by atomic mass is 19.4. The molecule has 0 unspecified atom stereocenters. The molecule has 0 aliphatic heterocycles. The van der Waals surface area contributed by atoms with Gasteiger partial charge in [0.25, 0.3) is 0 Å². The molecule has 0 spiro atoms. The lowest BCUT2D eigenvalue weighted by Gasteiger charge is -2.10. The van der Waals surface area contributed by atoms with Gasteiger partial charge in [-0.25, -0.2) is 20.1 Å². The molecule has 0 saturated carbocycles. The van der Waals surface area contributed by atoms with Crippen LogP contribution in [0.4, 0.5) is 23.5 Å². The highest BCUT2D eigenvalue weighted by Crippen LogP contribution is 2.31. The van der Waals surface area contributed by atoms with E-state index in [9.17, 15) is 17.6 Å². The van der Waals surface area contributed by atoms with Gasteiger partial charge in [0.2, 0.25) is 11.9 Å². The minimum absolute atomic E-state index is 0.0383. The summed E-state index contributed by atoms with van der Waals surface area (Å²) in [4.78, 5) is 7.51. The number of hydrogen-bond donors (Lipinski definition) is 1. The number of benzene rings is 1. The van der Waals surface area contributed by atoms with Crippen LogP contribution in [0.1, 0.15) is 17.0 Å². The zero-order valence-corrected chi connectivity index (χ0v) is 15.6. The Bertz CT molecular complexity index is 1040. The van der Waals surface area contributed by atoms with Gasteiger partial charge in [-0.1, -0.05) is 0 Å². The number of ether oxygens (including phenoxy) is 1. The molecule has 0 bridgehead atoms. The summed E-state index contributed by atoms with van der Waals surface area (Å²) in [7, 11) is 2.90. The first-order valence-electron chi connectivity index (χ1n) is 8.28. The summed E-state index contributed by atoms with van der Waals surface area (Å²) in [6, 6.07) is 7.18. The van der Waals surface area contributed by atoms with E-state index in [1.807, 2.05) is 0 Å². The van der Waals surface area contributed by atoms with Crippen molar-refractivity contribution in [2.24, 2.45) is 12.1 Å². The first-order chi connectivity index (χ1) is 13.7. The molecule has 29 heavy (non-hydrogen) atoms. The summed E-state index contributed by atoms with van der Waals surface area (Å²) in [5, 5.41) is 7.63. The predicted molar refractivity (Wildman–Crippen MR) is 98.1 cm³/mol. The standard InChI is InChI=1S/C18H16F4N6O/c1-10-13(16(19)28(2)27-10)9-23-26-17-24-14(8-15(25-17)18(20,21)22)11-4-6-12(29-3)7-5-11/h4-9H,1-3H3,(H,24,25,26)/b23-9-. The summed E-state index contributed by atoms with van der Waals surface area (Å²) in [6.45, 7) is 1.58. The zero-order chi connectivity index (χ0) is 21.2. The van der Waals surface area contributed by atoms with Gasteiger partial charge in [0.1, 0.15) is 5.75 Å². The lowest BCUT2D eigenvalue weighted by molar-refractivity contribution is -0.141. The number of hydrazone groups is 1. The van der Waals surface area contributed by atoms with Crippen LogP contribution in [0.5, 0.6) is 5.75 Å². The number of nitrogens with zero attached hydrogens (tertiary/aromatic N) is 5. The second kappa shape index (κ2) is 7.86. The molecule has 0 radical (unpaired) electrons. The van der Waals surface area contributed by atoms with Gasteiger partial charge in [0.05, 0.1) is 30.3 Å². The van der Waals surface area contributed by atoms with E-state index < -0.39 is 17.8 Å². The molecule has 0 aliphatic carbocycles. The molecule has 1 N–H and O–H groups in total. The summed E-state index contributed by atoms with van der Waals surface area (Å²) >= 11 is 0. The Kier molecular flexibility index (Phi) is 5.48. The molecule has 1 aromatic carbocycles. The van der Waals surface area contributed by atoms with Crippen LogP contribution in [0.15, 0.2) is 35.4 Å². The van der Waals surface area contributed by atoms with Crippen molar-refractivity contribution in [1.29, 1.82) is 0 Å². The number of methoxy groups -OCH3 is 1. The fourth-order valence-electron chi connectivity index (χ4n) is 2.50. The van der Waals surface area contributed by atoms with Gasteiger partial charge in [-0.15, -0.1) is 0 Å². The fourth-order valence-corrected chi connectivity index (χ4v) is 2.50. The van der Waals surface area contributed by atoms with E-state index in [0.29, 0.717) is 17.0 Å². The Balaban J connectivity index is 1.94. The maximum Gasteiger partial charge on any atom is 0.433 e. The third-order valence-corrected chi connectivity index (χ3v) is 3.96. The van der Waals surface area contributed by atoms with Crippen LogP contribution in [0.3, 0.4) is 0 Å². The quantitative estimate of drug-likeness (QED) is 0.395. The molecule has 0 aliphatic rings. The number of nitrogens with one attached hydrogen (secondary N) is 1. The molecule has 2 heterocycles. The molecule has 0 saturated heterocycles. The lowest BCUT2D eigenvalue weighted by Crippen LogP contribution is -2.11. The van der Waals surface area contributed by atoms with E-state index in [-0.39, 0.29) is 17.2 Å². The number of rotatable bonds is 5. The molecule has 2 aromatic heterocycles. The SMILES string of the molecule is COc1ccc(-c2cc(C(F)(F)F)nc(N/N=C\c3c(C)nn(C)c3F)n2)cc1. The largest absolute Gasteiger partial charge is 0.497 e. The van der Waals surface area contributed by atoms with E-state index in [0.717, 1.165) is 17.0 Å². The normalized spacial score (nSPS) is 11.8. The summed E-state index contributed by atoms with van der Waals surface area (Å²) in [5.74, 6) is -0.462. The number of alkyl halides is 3. The minimum atomic E-state index is -4.68. The van der Waals surface area contributed by atoms with E-state index in [4.69, 9.17) is 4.74 Å². The molecule has 3 rings (SSSR count). The highest BCUT2D eigenvalue weighted by molar-refractivity contribution is 5.81. The first-order valence-corrected chi connectivity index (χ1v) is 8.28. The third kappa shape index (κ3) is 4.50. The van der Waals surface area contributed by atoms with Crippen molar-refractivity contribution in [3.05, 3.63) is 53.2 Å². The second-order valence-corrected chi connectivity index (χ2v) is 5.97. The predicted octanol–water partition coefficient (Wildman–Crippen LogP) is 3.80. The van der Waals surface area contributed by atoms with Crippen molar-refractivity contribution < 1.29 is 22.3 Å². The molecule has 11 heteroatoms. The molecule has 0 amide bonds. The van der Waals surface area contributed by atoms with Gasteiger partial charge in [0.15, 0.2) is 5.69 Å². The van der Waals surface area contributed by atoms with Gasteiger partial charge >= 0.3 is 6.18 Å². The van der Waals surface area contributed by atoms with Crippen molar-refractivity contribution in [2.45, 2.75) is 13.1 Å². The van der Waals surface area contributed by atoms with Crippen LogP contribution in [0, 0.1) is 12.9 Å². The van der Waals surface area contributed by atoms with Crippen LogP contribution >= 0.6 is 0 Å². The molecule has 0 atom stereocenters. The lowest BCUT2D eigenvalue weighted by atomic mass is 10.1. The van der Waals surface area contributed by atoms with Crippen molar-refractivity contribution >= 4 is 12.2 Å². The average Bonchev–Trinajstić information content (AvgIpc) is 2.93. The number of anilines is 1. The summed E-state index contributed by atoms with van der Waals surface area (Å²) in [5.41, 5.74) is 2.12. The van der Waals surface area contributed by atoms with Crippen molar-refractivity contribution in [1.82, 2.24) is 19.7 Å². The highest BCUT2D eigenvalue weighted by Gasteiger charge is 2.33. The molecule has 152 valence electrons. The van der Waals surface area contributed by atoms with Crippen LogP contribution in [-0.4, -0.2) is 33.1 Å². The average molecular weight is 408 g/mol. The number of aromatic nitrogens is 4. The van der Waals surface area contributed by atoms with Crippen LogP contribution in [-0.2, 0) is 13.2 Å². The number of halogens is 4. The van der Waals surface area contributed by atoms with Crippen LogP contribution < -0.4 is 10.2 Å². The Morgan fingerprint density at radius 3 is 2.41 bits per heavy atom. The molecule has 3 aromatic rings. The maximum absolute atomic E-state index is 13.9. The molecular weight excluding hydrogens is 392 g/mol. The first kappa shape index (κ1) is 20.2. The summed E-state index contributed by atoms with van der Waals surface area (Å²) in [6.07, 6.45) is -3.58. The van der Waals surface area contributed by atoms with E-state index in [2.05, 4.69) is 25.6 Å². The fraction of sp³-hybridized carbons (Fsp3) is 0.222. The Morgan fingerprint density at radius 2 is 1.86 bits per heavy atom. The Hall–Kier alpha value is -3.50. The zero-order valence-electron chi connectivity index (χ0n) is 15.6. The third-order valence-electron chi connectivity index (χ3n) is 3.96.